The molecular formula is C23H25ClN4O3S. The van der Waals surface area contributed by atoms with Gasteiger partial charge in [0.15, 0.2) is 5.16 Å². The molecule has 168 valence electrons. The van der Waals surface area contributed by atoms with E-state index in [0.717, 1.165) is 24.2 Å². The van der Waals surface area contributed by atoms with E-state index in [4.69, 9.17) is 16.3 Å². The Morgan fingerprint density at radius 2 is 1.94 bits per heavy atom. The van der Waals surface area contributed by atoms with Gasteiger partial charge in [0.1, 0.15) is 5.82 Å². The number of hydrogen-bond donors (Lipinski definition) is 1. The first-order chi connectivity index (χ1) is 15.5. The van der Waals surface area contributed by atoms with Gasteiger partial charge in [-0.3, -0.25) is 4.79 Å². The predicted octanol–water partition coefficient (Wildman–Crippen LogP) is 4.75. The van der Waals surface area contributed by atoms with Crippen LogP contribution < -0.4 is 5.32 Å². The number of benzene rings is 2. The number of unbranched alkanes of at least 4 members (excludes halogenated alkanes) is 1. The lowest BCUT2D eigenvalue weighted by atomic mass is 10.1. The third-order valence-corrected chi connectivity index (χ3v) is 6.01. The number of aromatic nitrogens is 3. The minimum absolute atomic E-state index is 0.149. The summed E-state index contributed by atoms with van der Waals surface area (Å²) in [5, 5.41) is 12.2. The lowest BCUT2D eigenvalue weighted by Crippen LogP contribution is -2.15. The van der Waals surface area contributed by atoms with Crippen molar-refractivity contribution >= 4 is 40.9 Å². The summed E-state index contributed by atoms with van der Waals surface area (Å²) >= 11 is 7.42. The van der Waals surface area contributed by atoms with Crippen molar-refractivity contribution in [2.24, 2.45) is 7.05 Å². The Hall–Kier alpha value is -2.84. The molecule has 0 aliphatic heterocycles. The highest BCUT2D eigenvalue weighted by molar-refractivity contribution is 7.99. The minimum atomic E-state index is -0.501. The van der Waals surface area contributed by atoms with Crippen LogP contribution in [0.5, 0.6) is 0 Å². The van der Waals surface area contributed by atoms with Gasteiger partial charge in [-0.25, -0.2) is 4.79 Å². The zero-order chi connectivity index (χ0) is 22.9. The second-order valence-corrected chi connectivity index (χ2v) is 8.49. The summed E-state index contributed by atoms with van der Waals surface area (Å²) in [7, 11) is 1.88. The number of carbonyl (C=O) groups excluding carboxylic acids is 2. The number of ether oxygens (including phenoxy) is 1. The quantitative estimate of drug-likeness (QED) is 0.260. The summed E-state index contributed by atoms with van der Waals surface area (Å²) < 4.78 is 7.10. The highest BCUT2D eigenvalue weighted by Gasteiger charge is 2.15. The van der Waals surface area contributed by atoms with Crippen molar-refractivity contribution in [2.75, 3.05) is 17.7 Å². The van der Waals surface area contributed by atoms with Gasteiger partial charge in [0.25, 0.3) is 0 Å². The molecule has 0 fully saturated rings. The maximum Gasteiger partial charge on any atom is 0.339 e. The molecular weight excluding hydrogens is 448 g/mol. The monoisotopic (exact) mass is 472 g/mol. The third kappa shape index (κ3) is 6.58. The molecule has 9 heteroatoms. The Balaban J connectivity index is 1.56. The van der Waals surface area contributed by atoms with Crippen LogP contribution in [0.3, 0.4) is 0 Å². The zero-order valence-corrected chi connectivity index (χ0v) is 19.6. The first-order valence-corrected chi connectivity index (χ1v) is 11.7. The smallest absolute Gasteiger partial charge is 0.339 e. The highest BCUT2D eigenvalue weighted by atomic mass is 35.5. The van der Waals surface area contributed by atoms with E-state index in [2.05, 4.69) is 15.5 Å². The average Bonchev–Trinajstić information content (AvgIpc) is 3.13. The van der Waals surface area contributed by atoms with Crippen LogP contribution in [0, 0.1) is 0 Å². The maximum atomic E-state index is 12.4. The van der Waals surface area contributed by atoms with Crippen LogP contribution in [0.2, 0.25) is 5.02 Å². The molecule has 1 N–H and O–H groups in total. The fraction of sp³-hybridized carbons (Fsp3) is 0.304. The Morgan fingerprint density at radius 3 is 2.69 bits per heavy atom. The van der Waals surface area contributed by atoms with Crippen molar-refractivity contribution in [2.45, 2.75) is 31.3 Å². The van der Waals surface area contributed by atoms with Crippen molar-refractivity contribution in [1.82, 2.24) is 14.8 Å². The van der Waals surface area contributed by atoms with Gasteiger partial charge in [-0.1, -0.05) is 67.0 Å². The molecule has 0 saturated carbocycles. The van der Waals surface area contributed by atoms with Crippen LogP contribution in [0.25, 0.3) is 0 Å². The summed E-state index contributed by atoms with van der Waals surface area (Å²) in [6, 6.07) is 14.8. The van der Waals surface area contributed by atoms with Gasteiger partial charge >= 0.3 is 5.97 Å². The second-order valence-electron chi connectivity index (χ2n) is 7.14. The number of esters is 1. The predicted molar refractivity (Wildman–Crippen MR) is 126 cm³/mol. The number of rotatable bonds is 10. The van der Waals surface area contributed by atoms with Crippen LogP contribution >= 0.6 is 23.4 Å². The summed E-state index contributed by atoms with van der Waals surface area (Å²) in [6.45, 7) is 2.35. The number of nitrogens with one attached hydrogen (secondary N) is 1. The molecule has 3 rings (SSSR count). The van der Waals surface area contributed by atoms with Crippen molar-refractivity contribution in [3.05, 3.63) is 70.5 Å². The normalized spacial score (nSPS) is 10.7. The van der Waals surface area contributed by atoms with Crippen LogP contribution in [-0.4, -0.2) is 39.0 Å². The zero-order valence-electron chi connectivity index (χ0n) is 18.0. The second kappa shape index (κ2) is 11.7. The van der Waals surface area contributed by atoms with Gasteiger partial charge in [0.2, 0.25) is 5.91 Å². The molecule has 0 radical (unpaired) electrons. The molecule has 0 saturated heterocycles. The molecule has 3 aromatic rings. The van der Waals surface area contributed by atoms with Gasteiger partial charge in [-0.05, 0) is 30.2 Å². The molecule has 7 nitrogen and oxygen atoms in total. The molecule has 0 aliphatic carbocycles. The number of hydrogen-bond acceptors (Lipinski definition) is 6. The summed E-state index contributed by atoms with van der Waals surface area (Å²) in [6.07, 6.45) is 2.37. The van der Waals surface area contributed by atoms with Gasteiger partial charge < -0.3 is 14.6 Å². The summed E-state index contributed by atoms with van der Waals surface area (Å²) in [5.74, 6) is 0.244. The topological polar surface area (TPSA) is 86.1 Å². The molecule has 0 atom stereocenters. The molecule has 1 amide bonds. The van der Waals surface area contributed by atoms with E-state index in [0.29, 0.717) is 23.9 Å². The average molecular weight is 473 g/mol. The van der Waals surface area contributed by atoms with Gasteiger partial charge in [0.05, 0.1) is 22.9 Å². The molecule has 2 aromatic carbocycles. The van der Waals surface area contributed by atoms with E-state index >= 15 is 0 Å². The molecule has 1 aromatic heterocycles. The largest absolute Gasteiger partial charge is 0.462 e. The van der Waals surface area contributed by atoms with Crippen LogP contribution in [-0.2, 0) is 23.0 Å². The minimum Gasteiger partial charge on any atom is -0.462 e. The standard InChI is InChI=1S/C23H25ClN4O3S/c1-3-4-12-31-22(30)18-14-17(10-11-19(18)24)25-21(29)15-32-23-27-26-20(28(23)2)13-16-8-6-5-7-9-16/h5-11,14H,3-4,12-13,15H2,1-2H3,(H,25,29). The van der Waals surface area contributed by atoms with E-state index < -0.39 is 5.97 Å². The van der Waals surface area contributed by atoms with Gasteiger partial charge in [-0.2, -0.15) is 0 Å². The first-order valence-electron chi connectivity index (χ1n) is 10.3. The Kier molecular flexibility index (Phi) is 8.70. The Labute approximate surface area is 196 Å². The number of amides is 1. The molecule has 32 heavy (non-hydrogen) atoms. The van der Waals surface area contributed by atoms with Crippen LogP contribution in [0.4, 0.5) is 5.69 Å². The van der Waals surface area contributed by atoms with Crippen molar-refractivity contribution < 1.29 is 14.3 Å². The van der Waals surface area contributed by atoms with Crippen LogP contribution in [0.15, 0.2) is 53.7 Å². The fourth-order valence-electron chi connectivity index (χ4n) is 2.88. The summed E-state index contributed by atoms with van der Waals surface area (Å²) in [4.78, 5) is 24.7. The van der Waals surface area contributed by atoms with Gasteiger partial charge in [0, 0.05) is 19.2 Å². The van der Waals surface area contributed by atoms with Crippen molar-refractivity contribution in [3.8, 4) is 0 Å². The lowest BCUT2D eigenvalue weighted by Gasteiger charge is -2.09. The van der Waals surface area contributed by atoms with Crippen molar-refractivity contribution in [1.29, 1.82) is 0 Å². The van der Waals surface area contributed by atoms with E-state index in [1.807, 2.05) is 48.9 Å². The molecule has 1 heterocycles. The lowest BCUT2D eigenvalue weighted by molar-refractivity contribution is -0.113. The van der Waals surface area contributed by atoms with E-state index in [-0.39, 0.29) is 22.2 Å². The SMILES string of the molecule is CCCCOC(=O)c1cc(NC(=O)CSc2nnc(Cc3ccccc3)n2C)ccc1Cl. The Bertz CT molecular complexity index is 1070. The number of thioether (sulfide) groups is 1. The molecule has 0 bridgehead atoms. The summed E-state index contributed by atoms with van der Waals surface area (Å²) in [5.41, 5.74) is 1.85. The fourth-order valence-corrected chi connectivity index (χ4v) is 3.80. The number of anilines is 1. The highest BCUT2D eigenvalue weighted by Crippen LogP contribution is 2.23. The van der Waals surface area contributed by atoms with E-state index in [1.54, 1.807) is 12.1 Å². The Morgan fingerprint density at radius 1 is 1.16 bits per heavy atom. The number of carbonyl (C=O) groups is 2. The molecule has 0 aliphatic rings. The number of halogens is 1. The maximum absolute atomic E-state index is 12.4. The number of nitrogens with zero attached hydrogens (tertiary/aromatic N) is 3. The van der Waals surface area contributed by atoms with Crippen LogP contribution in [0.1, 0.15) is 41.5 Å². The van der Waals surface area contributed by atoms with Crippen molar-refractivity contribution in [3.63, 3.8) is 0 Å². The van der Waals surface area contributed by atoms with E-state index in [1.165, 1.54) is 17.8 Å². The van der Waals surface area contributed by atoms with Gasteiger partial charge in [-0.15, -0.1) is 10.2 Å². The molecule has 0 spiro atoms. The first kappa shape index (κ1) is 23.8. The van der Waals surface area contributed by atoms with E-state index in [9.17, 15) is 9.59 Å². The third-order valence-electron chi connectivity index (χ3n) is 4.66. The molecule has 0 unspecified atom stereocenters.